The molecule has 1 amide bonds. The maximum absolute atomic E-state index is 13.9. The van der Waals surface area contributed by atoms with Crippen LogP contribution in [0.25, 0.3) is 0 Å². The molecule has 0 aliphatic heterocycles. The number of methoxy groups -OCH3 is 1. The summed E-state index contributed by atoms with van der Waals surface area (Å²) in [6.45, 7) is 0.105. The van der Waals surface area contributed by atoms with Crippen LogP contribution in [-0.2, 0) is 16.6 Å². The van der Waals surface area contributed by atoms with Crippen molar-refractivity contribution < 1.29 is 17.9 Å². The molecular weight excluding hydrogens is 460 g/mol. The van der Waals surface area contributed by atoms with Gasteiger partial charge in [-0.1, -0.05) is 48.9 Å². The van der Waals surface area contributed by atoms with E-state index in [2.05, 4.69) is 5.32 Å². The molecule has 0 radical (unpaired) electrons. The highest BCUT2D eigenvalue weighted by Crippen LogP contribution is 2.44. The Labute approximate surface area is 207 Å². The summed E-state index contributed by atoms with van der Waals surface area (Å²) in [6, 6.07) is 22.9. The fourth-order valence-electron chi connectivity index (χ4n) is 5.47. The molecule has 3 aromatic carbocycles. The zero-order valence-electron chi connectivity index (χ0n) is 19.8. The van der Waals surface area contributed by atoms with Crippen LogP contribution in [0.5, 0.6) is 5.75 Å². The lowest BCUT2D eigenvalue weighted by Gasteiger charge is -2.28. The summed E-state index contributed by atoms with van der Waals surface area (Å²) < 4.78 is 34.4. The quantitative estimate of drug-likeness (QED) is 0.482. The molecular formula is C28H30N2O4S. The molecule has 2 fully saturated rings. The highest BCUT2D eigenvalue weighted by atomic mass is 32.2. The molecule has 2 bridgehead atoms. The lowest BCUT2D eigenvalue weighted by molar-refractivity contribution is 0.0923. The van der Waals surface area contributed by atoms with Crippen LogP contribution >= 0.6 is 0 Å². The smallest absolute Gasteiger partial charge is 0.264 e. The molecule has 35 heavy (non-hydrogen) atoms. The fraction of sp³-hybridized carbons (Fsp3) is 0.321. The summed E-state index contributed by atoms with van der Waals surface area (Å²) in [7, 11) is -2.43. The minimum Gasteiger partial charge on any atom is -0.497 e. The molecule has 2 saturated carbocycles. The molecule has 2 aliphatic carbocycles. The first kappa shape index (κ1) is 23.4. The zero-order chi connectivity index (χ0) is 24.4. The minimum atomic E-state index is -3.97. The van der Waals surface area contributed by atoms with Gasteiger partial charge in [-0.2, -0.15) is 0 Å². The van der Waals surface area contributed by atoms with Gasteiger partial charge in [-0.25, -0.2) is 8.42 Å². The van der Waals surface area contributed by atoms with E-state index in [0.717, 1.165) is 18.4 Å². The summed E-state index contributed by atoms with van der Waals surface area (Å²) in [5, 5.41) is 3.22. The molecule has 3 atom stereocenters. The van der Waals surface area contributed by atoms with Crippen LogP contribution < -0.4 is 14.4 Å². The predicted octanol–water partition coefficient (Wildman–Crippen LogP) is 5.01. The van der Waals surface area contributed by atoms with E-state index >= 15 is 0 Å². The molecule has 0 saturated heterocycles. The van der Waals surface area contributed by atoms with Crippen molar-refractivity contribution in [3.8, 4) is 5.75 Å². The minimum absolute atomic E-state index is 0.105. The van der Waals surface area contributed by atoms with Gasteiger partial charge in [0.05, 0.1) is 29.8 Å². The van der Waals surface area contributed by atoms with Crippen LogP contribution in [-0.4, -0.2) is 27.5 Å². The molecule has 2 aliphatic rings. The Bertz CT molecular complexity index is 1290. The third kappa shape index (κ3) is 4.78. The van der Waals surface area contributed by atoms with Crippen molar-refractivity contribution in [1.29, 1.82) is 0 Å². The number of benzene rings is 3. The summed E-state index contributed by atoms with van der Waals surface area (Å²) in [4.78, 5) is 13.6. The number of hydrogen-bond donors (Lipinski definition) is 1. The molecule has 7 heteroatoms. The first-order valence-electron chi connectivity index (χ1n) is 12.1. The number of sulfonamides is 1. The number of para-hydroxylation sites is 1. The Hall–Kier alpha value is -3.32. The molecule has 0 heterocycles. The SMILES string of the molecule is COc1ccc(S(=O)(=O)N(Cc2ccccc2)c2ccccc2C(=O)N[C@H]2C[C@@H]3CC[C@@H]2C3)cc1. The summed E-state index contributed by atoms with van der Waals surface area (Å²) >= 11 is 0. The van der Waals surface area contributed by atoms with Crippen LogP contribution in [0.4, 0.5) is 5.69 Å². The second-order valence-electron chi connectivity index (χ2n) is 9.44. The third-order valence-corrected chi connectivity index (χ3v) is 9.06. The molecule has 6 nitrogen and oxygen atoms in total. The Morgan fingerprint density at radius 1 is 0.943 bits per heavy atom. The number of anilines is 1. The van der Waals surface area contributed by atoms with Gasteiger partial charge >= 0.3 is 0 Å². The summed E-state index contributed by atoms with van der Waals surface area (Å²) in [5.41, 5.74) is 1.56. The van der Waals surface area contributed by atoms with Gasteiger partial charge in [0.1, 0.15) is 5.75 Å². The van der Waals surface area contributed by atoms with Gasteiger partial charge in [0.2, 0.25) is 0 Å². The summed E-state index contributed by atoms with van der Waals surface area (Å²) in [6.07, 6.45) is 4.59. The van der Waals surface area contributed by atoms with Gasteiger partial charge in [0, 0.05) is 6.04 Å². The van der Waals surface area contributed by atoms with Crippen molar-refractivity contribution in [3.63, 3.8) is 0 Å². The maximum Gasteiger partial charge on any atom is 0.264 e. The third-order valence-electron chi connectivity index (χ3n) is 7.29. The van der Waals surface area contributed by atoms with Crippen molar-refractivity contribution >= 4 is 21.6 Å². The van der Waals surface area contributed by atoms with E-state index in [1.54, 1.807) is 36.4 Å². The number of carbonyl (C=O) groups is 1. The second kappa shape index (κ2) is 9.74. The summed E-state index contributed by atoms with van der Waals surface area (Å²) in [5.74, 6) is 1.58. The highest BCUT2D eigenvalue weighted by Gasteiger charge is 2.40. The lowest BCUT2D eigenvalue weighted by Crippen LogP contribution is -2.40. The van der Waals surface area contributed by atoms with Crippen LogP contribution in [0.3, 0.4) is 0 Å². The number of nitrogens with one attached hydrogen (secondary N) is 1. The van der Waals surface area contributed by atoms with Crippen molar-refractivity contribution in [1.82, 2.24) is 5.32 Å². The Kier molecular flexibility index (Phi) is 6.52. The molecule has 0 spiro atoms. The fourth-order valence-corrected chi connectivity index (χ4v) is 6.95. The Morgan fingerprint density at radius 2 is 1.66 bits per heavy atom. The van der Waals surface area contributed by atoms with Gasteiger partial charge in [0.25, 0.3) is 15.9 Å². The van der Waals surface area contributed by atoms with Gasteiger partial charge < -0.3 is 10.1 Å². The van der Waals surface area contributed by atoms with E-state index in [0.29, 0.717) is 28.8 Å². The van der Waals surface area contributed by atoms with E-state index in [9.17, 15) is 13.2 Å². The number of carbonyl (C=O) groups excluding carboxylic acids is 1. The van der Waals surface area contributed by atoms with Crippen molar-refractivity contribution in [3.05, 3.63) is 90.0 Å². The number of hydrogen-bond acceptors (Lipinski definition) is 4. The van der Waals surface area contributed by atoms with E-state index in [1.165, 1.54) is 36.4 Å². The number of ether oxygens (including phenoxy) is 1. The van der Waals surface area contributed by atoms with E-state index in [4.69, 9.17) is 4.74 Å². The van der Waals surface area contributed by atoms with Crippen molar-refractivity contribution in [2.45, 2.75) is 43.2 Å². The number of amides is 1. The molecule has 1 N–H and O–H groups in total. The van der Waals surface area contributed by atoms with Gasteiger partial charge in [-0.05, 0) is 73.1 Å². The normalized spacial score (nSPS) is 21.0. The number of fused-ring (bicyclic) bond motifs is 2. The largest absolute Gasteiger partial charge is 0.497 e. The van der Waals surface area contributed by atoms with Gasteiger partial charge in [-0.15, -0.1) is 0 Å². The van der Waals surface area contributed by atoms with E-state index in [-0.39, 0.29) is 23.4 Å². The predicted molar refractivity (Wildman–Crippen MR) is 136 cm³/mol. The van der Waals surface area contributed by atoms with Crippen LogP contribution in [0.1, 0.15) is 41.6 Å². The second-order valence-corrected chi connectivity index (χ2v) is 11.3. The number of nitrogens with zero attached hydrogens (tertiary/aromatic N) is 1. The van der Waals surface area contributed by atoms with Crippen LogP contribution in [0, 0.1) is 11.8 Å². The van der Waals surface area contributed by atoms with Crippen molar-refractivity contribution in [2.24, 2.45) is 11.8 Å². The maximum atomic E-state index is 13.9. The van der Waals surface area contributed by atoms with E-state index in [1.807, 2.05) is 30.3 Å². The van der Waals surface area contributed by atoms with Crippen LogP contribution in [0.15, 0.2) is 83.8 Å². The molecule has 182 valence electrons. The average molecular weight is 491 g/mol. The van der Waals surface area contributed by atoms with E-state index < -0.39 is 10.0 Å². The van der Waals surface area contributed by atoms with Gasteiger partial charge in [-0.3, -0.25) is 9.10 Å². The molecule has 5 rings (SSSR count). The molecule has 0 unspecified atom stereocenters. The topological polar surface area (TPSA) is 75.7 Å². The molecule has 3 aromatic rings. The first-order chi connectivity index (χ1) is 17.0. The average Bonchev–Trinajstić information content (AvgIpc) is 3.51. The van der Waals surface area contributed by atoms with Crippen molar-refractivity contribution in [2.75, 3.05) is 11.4 Å². The lowest BCUT2D eigenvalue weighted by atomic mass is 9.95. The Morgan fingerprint density at radius 3 is 2.31 bits per heavy atom. The molecule has 0 aromatic heterocycles. The number of rotatable bonds is 8. The zero-order valence-corrected chi connectivity index (χ0v) is 20.6. The monoisotopic (exact) mass is 490 g/mol. The van der Waals surface area contributed by atoms with Crippen LogP contribution in [0.2, 0.25) is 0 Å². The highest BCUT2D eigenvalue weighted by molar-refractivity contribution is 7.92. The first-order valence-corrected chi connectivity index (χ1v) is 13.5. The van der Waals surface area contributed by atoms with Gasteiger partial charge in [0.15, 0.2) is 0 Å². The standard InChI is InChI=1S/C28H30N2O4S/c1-34-23-13-15-24(16-14-23)35(32,33)30(19-20-7-3-2-4-8-20)27-10-6-5-9-25(27)28(31)29-26-18-21-11-12-22(26)17-21/h2-10,13-16,21-22,26H,11-12,17-19H2,1H3,(H,29,31)/t21-,22-,26+/m1/s1. The Balaban J connectivity index is 1.52.